The second-order valence-corrected chi connectivity index (χ2v) is 5.15. The molecule has 0 saturated carbocycles. The van der Waals surface area contributed by atoms with Gasteiger partial charge >= 0.3 is 0 Å². The Labute approximate surface area is 106 Å². The molecule has 0 heterocycles. The van der Waals surface area contributed by atoms with Crippen molar-refractivity contribution >= 4 is 0 Å². The van der Waals surface area contributed by atoms with E-state index in [0.717, 1.165) is 19.0 Å². The SMILES string of the molecule is CNCC(c1ccccc1)N(C)CCC(C)C. The summed E-state index contributed by atoms with van der Waals surface area (Å²) in [6.45, 7) is 6.71. The van der Waals surface area contributed by atoms with Crippen molar-refractivity contribution < 1.29 is 0 Å². The number of rotatable bonds is 7. The molecule has 1 N–H and O–H groups in total. The molecule has 0 aromatic heterocycles. The Hall–Kier alpha value is -0.860. The summed E-state index contributed by atoms with van der Waals surface area (Å²) < 4.78 is 0. The van der Waals surface area contributed by atoms with Gasteiger partial charge in [0.25, 0.3) is 0 Å². The molecule has 1 rings (SSSR count). The minimum absolute atomic E-state index is 0.472. The van der Waals surface area contributed by atoms with Crippen molar-refractivity contribution in [2.24, 2.45) is 5.92 Å². The topological polar surface area (TPSA) is 15.3 Å². The number of likely N-dealkylation sites (N-methyl/N-ethyl adjacent to an activating group) is 2. The zero-order valence-corrected chi connectivity index (χ0v) is 11.6. The Bertz CT molecular complexity index is 295. The average molecular weight is 234 g/mol. The van der Waals surface area contributed by atoms with Crippen LogP contribution in [0.25, 0.3) is 0 Å². The van der Waals surface area contributed by atoms with Gasteiger partial charge in [-0.15, -0.1) is 0 Å². The third kappa shape index (κ3) is 4.88. The van der Waals surface area contributed by atoms with Crippen LogP contribution >= 0.6 is 0 Å². The van der Waals surface area contributed by atoms with Gasteiger partial charge in [0.05, 0.1) is 0 Å². The maximum atomic E-state index is 3.29. The summed E-state index contributed by atoms with van der Waals surface area (Å²) in [6.07, 6.45) is 1.25. The molecular weight excluding hydrogens is 208 g/mol. The Morgan fingerprint density at radius 3 is 2.35 bits per heavy atom. The Morgan fingerprint density at radius 2 is 1.82 bits per heavy atom. The fourth-order valence-corrected chi connectivity index (χ4v) is 2.01. The molecule has 96 valence electrons. The van der Waals surface area contributed by atoms with Gasteiger partial charge in [-0.25, -0.2) is 0 Å². The van der Waals surface area contributed by atoms with E-state index in [9.17, 15) is 0 Å². The minimum Gasteiger partial charge on any atom is -0.318 e. The predicted molar refractivity (Wildman–Crippen MR) is 75.2 cm³/mol. The molecule has 0 saturated heterocycles. The fourth-order valence-electron chi connectivity index (χ4n) is 2.01. The predicted octanol–water partition coefficient (Wildman–Crippen LogP) is 2.93. The van der Waals surface area contributed by atoms with Crippen LogP contribution in [0.1, 0.15) is 31.9 Å². The van der Waals surface area contributed by atoms with Crippen LogP contribution < -0.4 is 5.32 Å². The first kappa shape index (κ1) is 14.2. The van der Waals surface area contributed by atoms with Crippen molar-refractivity contribution in [1.29, 1.82) is 0 Å². The first-order chi connectivity index (χ1) is 8.15. The fraction of sp³-hybridized carbons (Fsp3) is 0.600. The number of hydrogen-bond acceptors (Lipinski definition) is 2. The lowest BCUT2D eigenvalue weighted by atomic mass is 10.0. The molecule has 0 fully saturated rings. The number of nitrogens with one attached hydrogen (secondary N) is 1. The van der Waals surface area contributed by atoms with Gasteiger partial charge < -0.3 is 5.32 Å². The summed E-state index contributed by atoms with van der Waals surface area (Å²) >= 11 is 0. The first-order valence-corrected chi connectivity index (χ1v) is 6.55. The van der Waals surface area contributed by atoms with E-state index < -0.39 is 0 Å². The lowest BCUT2D eigenvalue weighted by Crippen LogP contribution is -2.33. The average Bonchev–Trinajstić information content (AvgIpc) is 2.34. The highest BCUT2D eigenvalue weighted by Gasteiger charge is 2.15. The van der Waals surface area contributed by atoms with Crippen molar-refractivity contribution in [3.63, 3.8) is 0 Å². The monoisotopic (exact) mass is 234 g/mol. The van der Waals surface area contributed by atoms with Gasteiger partial charge in [0, 0.05) is 12.6 Å². The first-order valence-electron chi connectivity index (χ1n) is 6.55. The molecule has 1 aromatic rings. The van der Waals surface area contributed by atoms with Gasteiger partial charge in [-0.3, -0.25) is 4.90 Å². The zero-order chi connectivity index (χ0) is 12.7. The van der Waals surface area contributed by atoms with Crippen LogP contribution in [0.5, 0.6) is 0 Å². The van der Waals surface area contributed by atoms with Crippen LogP contribution in [0, 0.1) is 5.92 Å². The highest BCUT2D eigenvalue weighted by atomic mass is 15.1. The van der Waals surface area contributed by atoms with Crippen LogP contribution in [-0.4, -0.2) is 32.1 Å². The maximum absolute atomic E-state index is 3.29. The van der Waals surface area contributed by atoms with Crippen molar-refractivity contribution in [2.45, 2.75) is 26.3 Å². The van der Waals surface area contributed by atoms with E-state index >= 15 is 0 Å². The van der Waals surface area contributed by atoms with Crippen LogP contribution in [0.2, 0.25) is 0 Å². The molecule has 0 radical (unpaired) electrons. The molecule has 0 aliphatic rings. The molecule has 0 amide bonds. The second-order valence-electron chi connectivity index (χ2n) is 5.15. The summed E-state index contributed by atoms with van der Waals surface area (Å²) in [5.41, 5.74) is 1.40. The molecule has 0 bridgehead atoms. The third-order valence-corrected chi connectivity index (χ3v) is 3.17. The normalized spacial score (nSPS) is 13.3. The molecule has 1 unspecified atom stereocenters. The standard InChI is InChI=1S/C15H26N2/c1-13(2)10-11-17(4)15(12-16-3)14-8-6-5-7-9-14/h5-9,13,15-16H,10-12H2,1-4H3. The van der Waals surface area contributed by atoms with E-state index in [1.54, 1.807) is 0 Å². The van der Waals surface area contributed by atoms with Crippen molar-refractivity contribution in [3.05, 3.63) is 35.9 Å². The summed E-state index contributed by atoms with van der Waals surface area (Å²) in [5.74, 6) is 0.767. The van der Waals surface area contributed by atoms with Gasteiger partial charge in [0.1, 0.15) is 0 Å². The van der Waals surface area contributed by atoms with Gasteiger partial charge in [-0.2, -0.15) is 0 Å². The summed E-state index contributed by atoms with van der Waals surface area (Å²) in [7, 11) is 4.24. The zero-order valence-electron chi connectivity index (χ0n) is 11.6. The van der Waals surface area contributed by atoms with E-state index in [1.807, 2.05) is 7.05 Å². The third-order valence-electron chi connectivity index (χ3n) is 3.17. The van der Waals surface area contributed by atoms with E-state index in [0.29, 0.717) is 6.04 Å². The van der Waals surface area contributed by atoms with E-state index in [1.165, 1.54) is 12.0 Å². The molecule has 0 spiro atoms. The molecule has 0 aliphatic heterocycles. The summed E-state index contributed by atoms with van der Waals surface area (Å²) in [5, 5.41) is 3.29. The molecule has 0 aliphatic carbocycles. The Kier molecular flexibility index (Phi) is 6.23. The summed E-state index contributed by atoms with van der Waals surface area (Å²) in [6, 6.07) is 11.2. The van der Waals surface area contributed by atoms with Gasteiger partial charge in [0.15, 0.2) is 0 Å². The quantitative estimate of drug-likeness (QED) is 0.780. The lowest BCUT2D eigenvalue weighted by molar-refractivity contribution is 0.228. The number of hydrogen-bond donors (Lipinski definition) is 1. The largest absolute Gasteiger partial charge is 0.318 e. The van der Waals surface area contributed by atoms with E-state index in [2.05, 4.69) is 61.4 Å². The van der Waals surface area contributed by atoms with Crippen LogP contribution in [0.4, 0.5) is 0 Å². The second kappa shape index (κ2) is 7.46. The highest BCUT2D eigenvalue weighted by molar-refractivity contribution is 5.19. The lowest BCUT2D eigenvalue weighted by Gasteiger charge is -2.29. The maximum Gasteiger partial charge on any atom is 0.0469 e. The van der Waals surface area contributed by atoms with E-state index in [4.69, 9.17) is 0 Å². The molecule has 17 heavy (non-hydrogen) atoms. The van der Waals surface area contributed by atoms with Crippen LogP contribution in [0.3, 0.4) is 0 Å². The van der Waals surface area contributed by atoms with Gasteiger partial charge in [0.2, 0.25) is 0 Å². The number of nitrogens with zero attached hydrogens (tertiary/aromatic N) is 1. The van der Waals surface area contributed by atoms with Crippen LogP contribution in [0.15, 0.2) is 30.3 Å². The Morgan fingerprint density at radius 1 is 1.18 bits per heavy atom. The van der Waals surface area contributed by atoms with Crippen LogP contribution in [-0.2, 0) is 0 Å². The van der Waals surface area contributed by atoms with Gasteiger partial charge in [-0.05, 0) is 38.5 Å². The van der Waals surface area contributed by atoms with Crippen molar-refractivity contribution in [2.75, 3.05) is 27.2 Å². The van der Waals surface area contributed by atoms with Crippen molar-refractivity contribution in [3.8, 4) is 0 Å². The molecular formula is C15H26N2. The smallest absolute Gasteiger partial charge is 0.0469 e. The molecule has 2 nitrogen and oxygen atoms in total. The molecule has 1 atom stereocenters. The van der Waals surface area contributed by atoms with E-state index in [-0.39, 0.29) is 0 Å². The molecule has 1 aromatic carbocycles. The minimum atomic E-state index is 0.472. The number of benzene rings is 1. The molecule has 2 heteroatoms. The highest BCUT2D eigenvalue weighted by Crippen LogP contribution is 2.19. The van der Waals surface area contributed by atoms with Gasteiger partial charge in [-0.1, -0.05) is 44.2 Å². The van der Waals surface area contributed by atoms with Crippen molar-refractivity contribution in [1.82, 2.24) is 10.2 Å². The Balaban J connectivity index is 2.65. The summed E-state index contributed by atoms with van der Waals surface area (Å²) in [4.78, 5) is 2.45.